The highest BCUT2D eigenvalue weighted by Gasteiger charge is 2.05. The Bertz CT molecular complexity index is 557. The second-order valence-corrected chi connectivity index (χ2v) is 5.92. The van der Waals surface area contributed by atoms with E-state index in [0.29, 0.717) is 12.6 Å². The molecule has 4 heteroatoms. The number of aromatic nitrogens is 1. The van der Waals surface area contributed by atoms with E-state index in [2.05, 4.69) is 52.2 Å². The molecule has 0 saturated heterocycles. The van der Waals surface area contributed by atoms with E-state index < -0.39 is 0 Å². The van der Waals surface area contributed by atoms with Gasteiger partial charge in [0.05, 0.1) is 5.69 Å². The fourth-order valence-corrected chi connectivity index (χ4v) is 2.24. The van der Waals surface area contributed by atoms with Crippen LogP contribution in [0.3, 0.4) is 0 Å². The van der Waals surface area contributed by atoms with Gasteiger partial charge in [-0.05, 0) is 65.6 Å². The standard InChI is InChI=1S/C17H21BrN2O/c1-3-9-19-13(2)14-5-4-6-17(10-14)21-12-16-8-7-15(18)11-20-16/h4-8,10-11,13,19H,3,9,12H2,1-2H3. The van der Waals surface area contributed by atoms with Gasteiger partial charge in [0, 0.05) is 16.7 Å². The number of hydrogen-bond acceptors (Lipinski definition) is 3. The third-order valence-corrected chi connectivity index (χ3v) is 3.70. The van der Waals surface area contributed by atoms with E-state index in [-0.39, 0.29) is 0 Å². The quantitative estimate of drug-likeness (QED) is 0.800. The summed E-state index contributed by atoms with van der Waals surface area (Å²) < 4.78 is 6.80. The van der Waals surface area contributed by atoms with Gasteiger partial charge in [-0.3, -0.25) is 4.98 Å². The van der Waals surface area contributed by atoms with Gasteiger partial charge in [0.15, 0.2) is 0 Å². The largest absolute Gasteiger partial charge is 0.487 e. The highest BCUT2D eigenvalue weighted by molar-refractivity contribution is 9.10. The lowest BCUT2D eigenvalue weighted by molar-refractivity contribution is 0.300. The minimum absolute atomic E-state index is 0.333. The zero-order valence-electron chi connectivity index (χ0n) is 12.5. The van der Waals surface area contributed by atoms with Crippen LogP contribution in [0.1, 0.15) is 37.6 Å². The van der Waals surface area contributed by atoms with Crippen molar-refractivity contribution in [2.45, 2.75) is 32.9 Å². The molecule has 0 saturated carbocycles. The van der Waals surface area contributed by atoms with Gasteiger partial charge in [0.2, 0.25) is 0 Å². The van der Waals surface area contributed by atoms with Gasteiger partial charge in [0.1, 0.15) is 12.4 Å². The van der Waals surface area contributed by atoms with Crippen molar-refractivity contribution in [2.24, 2.45) is 0 Å². The highest BCUT2D eigenvalue weighted by atomic mass is 79.9. The average molecular weight is 349 g/mol. The Morgan fingerprint density at radius 2 is 2.14 bits per heavy atom. The lowest BCUT2D eigenvalue weighted by Crippen LogP contribution is -2.19. The number of hydrogen-bond donors (Lipinski definition) is 1. The molecule has 0 bridgehead atoms. The average Bonchev–Trinajstić information content (AvgIpc) is 2.52. The molecule has 1 aromatic carbocycles. The topological polar surface area (TPSA) is 34.1 Å². The van der Waals surface area contributed by atoms with Crippen LogP contribution in [0.4, 0.5) is 0 Å². The van der Waals surface area contributed by atoms with Crippen molar-refractivity contribution in [1.82, 2.24) is 10.3 Å². The third-order valence-electron chi connectivity index (χ3n) is 3.23. The van der Waals surface area contributed by atoms with E-state index in [1.807, 2.05) is 24.3 Å². The molecule has 1 aromatic heterocycles. The maximum atomic E-state index is 5.82. The van der Waals surface area contributed by atoms with E-state index in [0.717, 1.165) is 28.9 Å². The third kappa shape index (κ3) is 5.14. The molecule has 3 nitrogen and oxygen atoms in total. The van der Waals surface area contributed by atoms with E-state index in [9.17, 15) is 0 Å². The molecule has 0 amide bonds. The van der Waals surface area contributed by atoms with Gasteiger partial charge in [0.25, 0.3) is 0 Å². The molecule has 0 aliphatic carbocycles. The number of halogens is 1. The van der Waals surface area contributed by atoms with Crippen LogP contribution in [0.5, 0.6) is 5.75 Å². The van der Waals surface area contributed by atoms with Crippen LogP contribution in [0.25, 0.3) is 0 Å². The number of rotatable bonds is 7. The molecule has 2 aromatic rings. The molecule has 2 rings (SSSR count). The number of nitrogens with one attached hydrogen (secondary N) is 1. The van der Waals surface area contributed by atoms with Crippen molar-refractivity contribution < 1.29 is 4.74 Å². The zero-order valence-corrected chi connectivity index (χ0v) is 14.1. The van der Waals surface area contributed by atoms with Crippen molar-refractivity contribution in [1.29, 1.82) is 0 Å². The SMILES string of the molecule is CCCNC(C)c1cccc(OCc2ccc(Br)cn2)c1. The maximum Gasteiger partial charge on any atom is 0.130 e. The molecule has 0 fully saturated rings. The number of ether oxygens (including phenoxy) is 1. The summed E-state index contributed by atoms with van der Waals surface area (Å²) in [5.41, 5.74) is 2.16. The Morgan fingerprint density at radius 3 is 2.86 bits per heavy atom. The summed E-state index contributed by atoms with van der Waals surface area (Å²) >= 11 is 3.38. The normalized spacial score (nSPS) is 12.1. The summed E-state index contributed by atoms with van der Waals surface area (Å²) in [5.74, 6) is 0.877. The lowest BCUT2D eigenvalue weighted by Gasteiger charge is -2.15. The van der Waals surface area contributed by atoms with Crippen molar-refractivity contribution in [2.75, 3.05) is 6.54 Å². The second kappa shape index (κ2) is 8.15. The Balaban J connectivity index is 1.95. The molecule has 0 spiro atoms. The van der Waals surface area contributed by atoms with Gasteiger partial charge in [-0.25, -0.2) is 0 Å². The number of pyridine rings is 1. The molecule has 1 unspecified atom stereocenters. The van der Waals surface area contributed by atoms with E-state index >= 15 is 0 Å². The molecule has 0 aliphatic heterocycles. The second-order valence-electron chi connectivity index (χ2n) is 5.00. The number of benzene rings is 1. The van der Waals surface area contributed by atoms with E-state index in [4.69, 9.17) is 4.74 Å². The van der Waals surface area contributed by atoms with Crippen LogP contribution in [-0.4, -0.2) is 11.5 Å². The summed E-state index contributed by atoms with van der Waals surface area (Å²) in [6, 6.07) is 12.5. The van der Waals surface area contributed by atoms with Gasteiger partial charge in [-0.1, -0.05) is 19.1 Å². The van der Waals surface area contributed by atoms with Crippen LogP contribution in [0.15, 0.2) is 47.1 Å². The predicted octanol–water partition coefficient (Wildman–Crippen LogP) is 4.48. The van der Waals surface area contributed by atoms with E-state index in [1.54, 1.807) is 6.20 Å². The molecule has 1 N–H and O–H groups in total. The van der Waals surface area contributed by atoms with Gasteiger partial charge in [-0.15, -0.1) is 0 Å². The first-order valence-electron chi connectivity index (χ1n) is 7.25. The van der Waals surface area contributed by atoms with Gasteiger partial charge >= 0.3 is 0 Å². The predicted molar refractivity (Wildman–Crippen MR) is 89.4 cm³/mol. The van der Waals surface area contributed by atoms with Crippen LogP contribution in [0.2, 0.25) is 0 Å². The Kier molecular flexibility index (Phi) is 6.21. The van der Waals surface area contributed by atoms with Crippen molar-refractivity contribution in [3.63, 3.8) is 0 Å². The summed E-state index contributed by atoms with van der Waals surface area (Å²) in [7, 11) is 0. The van der Waals surface area contributed by atoms with Crippen molar-refractivity contribution in [3.8, 4) is 5.75 Å². The summed E-state index contributed by atoms with van der Waals surface area (Å²) in [6.07, 6.45) is 2.92. The highest BCUT2D eigenvalue weighted by Crippen LogP contribution is 2.20. The molecule has 21 heavy (non-hydrogen) atoms. The van der Waals surface area contributed by atoms with E-state index in [1.165, 1.54) is 5.56 Å². The summed E-state index contributed by atoms with van der Waals surface area (Å²) in [6.45, 7) is 5.85. The maximum absolute atomic E-state index is 5.82. The van der Waals surface area contributed by atoms with Crippen molar-refractivity contribution in [3.05, 3.63) is 58.3 Å². The van der Waals surface area contributed by atoms with Crippen LogP contribution in [0, 0.1) is 0 Å². The molecule has 0 radical (unpaired) electrons. The van der Waals surface area contributed by atoms with Gasteiger partial charge < -0.3 is 10.1 Å². The monoisotopic (exact) mass is 348 g/mol. The molecule has 1 heterocycles. The first-order chi connectivity index (χ1) is 10.2. The Labute approximate surface area is 134 Å². The number of nitrogens with zero attached hydrogens (tertiary/aromatic N) is 1. The fraction of sp³-hybridized carbons (Fsp3) is 0.353. The first-order valence-corrected chi connectivity index (χ1v) is 8.05. The van der Waals surface area contributed by atoms with Crippen LogP contribution in [-0.2, 0) is 6.61 Å². The molecular weight excluding hydrogens is 328 g/mol. The first kappa shape index (κ1) is 16.0. The lowest BCUT2D eigenvalue weighted by atomic mass is 10.1. The molecule has 112 valence electrons. The van der Waals surface area contributed by atoms with Crippen molar-refractivity contribution >= 4 is 15.9 Å². The van der Waals surface area contributed by atoms with Crippen LogP contribution < -0.4 is 10.1 Å². The minimum Gasteiger partial charge on any atom is -0.487 e. The zero-order chi connectivity index (χ0) is 15.1. The Hall–Kier alpha value is -1.39. The molecular formula is C17H21BrN2O. The van der Waals surface area contributed by atoms with Crippen LogP contribution >= 0.6 is 15.9 Å². The Morgan fingerprint density at radius 1 is 1.29 bits per heavy atom. The summed E-state index contributed by atoms with van der Waals surface area (Å²) in [5, 5.41) is 3.48. The fourth-order valence-electron chi connectivity index (χ4n) is 2.00. The molecule has 0 aliphatic rings. The van der Waals surface area contributed by atoms with Gasteiger partial charge in [-0.2, -0.15) is 0 Å². The summed E-state index contributed by atoms with van der Waals surface area (Å²) in [4.78, 5) is 4.31. The minimum atomic E-state index is 0.333. The molecule has 1 atom stereocenters. The smallest absolute Gasteiger partial charge is 0.130 e.